The Morgan fingerprint density at radius 3 is 2.36 bits per heavy atom. The number of benzene rings is 1. The van der Waals surface area contributed by atoms with Gasteiger partial charge in [-0.3, -0.25) is 9.59 Å². The normalized spacial score (nSPS) is 11.7. The fraction of sp³-hybridized carbons (Fsp3) is 0.357. The van der Waals surface area contributed by atoms with Crippen molar-refractivity contribution in [2.45, 2.75) is 32.8 Å². The van der Waals surface area contributed by atoms with E-state index in [2.05, 4.69) is 0 Å². The molecule has 0 bridgehead atoms. The van der Waals surface area contributed by atoms with Gasteiger partial charge in [0, 0.05) is 6.42 Å². The SMILES string of the molecule is CC(=O)CCC(=O)O[C@H](C)C(=O)Nc1ccc(F)c(F)c1F. The summed E-state index contributed by atoms with van der Waals surface area (Å²) in [6.07, 6.45) is -1.50. The van der Waals surface area contributed by atoms with Crippen molar-refractivity contribution >= 4 is 23.3 Å². The highest BCUT2D eigenvalue weighted by Gasteiger charge is 2.21. The summed E-state index contributed by atoms with van der Waals surface area (Å²) in [6.45, 7) is 2.52. The van der Waals surface area contributed by atoms with E-state index in [4.69, 9.17) is 4.74 Å². The molecule has 120 valence electrons. The summed E-state index contributed by atoms with van der Waals surface area (Å²) in [6, 6.07) is 1.49. The minimum atomic E-state index is -1.72. The number of carbonyl (C=O) groups is 3. The Kier molecular flexibility index (Phi) is 6.09. The summed E-state index contributed by atoms with van der Waals surface area (Å²) >= 11 is 0. The van der Waals surface area contributed by atoms with Crippen LogP contribution < -0.4 is 5.32 Å². The minimum Gasteiger partial charge on any atom is -0.453 e. The number of esters is 1. The van der Waals surface area contributed by atoms with E-state index in [0.717, 1.165) is 6.07 Å². The van der Waals surface area contributed by atoms with Gasteiger partial charge in [0.05, 0.1) is 12.1 Å². The fourth-order valence-corrected chi connectivity index (χ4v) is 1.44. The molecule has 1 aromatic carbocycles. The number of ether oxygens (including phenoxy) is 1. The smallest absolute Gasteiger partial charge is 0.307 e. The van der Waals surface area contributed by atoms with Crippen LogP contribution >= 0.6 is 0 Å². The van der Waals surface area contributed by atoms with Crippen LogP contribution in [0.1, 0.15) is 26.7 Å². The first-order valence-electron chi connectivity index (χ1n) is 6.35. The monoisotopic (exact) mass is 317 g/mol. The van der Waals surface area contributed by atoms with Crippen molar-refractivity contribution in [3.8, 4) is 0 Å². The molecule has 1 atom stereocenters. The zero-order chi connectivity index (χ0) is 16.9. The molecule has 8 heteroatoms. The highest BCUT2D eigenvalue weighted by molar-refractivity contribution is 5.95. The van der Waals surface area contributed by atoms with Gasteiger partial charge in [-0.15, -0.1) is 0 Å². The molecule has 0 aliphatic rings. The Hall–Kier alpha value is -2.38. The molecule has 0 aliphatic heterocycles. The first-order chi connectivity index (χ1) is 10.2. The van der Waals surface area contributed by atoms with Crippen LogP contribution in [0.15, 0.2) is 12.1 Å². The number of carbonyl (C=O) groups excluding carboxylic acids is 3. The Bertz CT molecular complexity index is 604. The molecule has 1 N–H and O–H groups in total. The molecular formula is C14H14F3NO4. The number of rotatable bonds is 6. The lowest BCUT2D eigenvalue weighted by Gasteiger charge is -2.14. The van der Waals surface area contributed by atoms with E-state index in [1.807, 2.05) is 5.32 Å². The third-order valence-corrected chi connectivity index (χ3v) is 2.65. The molecule has 22 heavy (non-hydrogen) atoms. The van der Waals surface area contributed by atoms with E-state index in [-0.39, 0.29) is 18.6 Å². The Morgan fingerprint density at radius 1 is 1.14 bits per heavy atom. The van der Waals surface area contributed by atoms with Gasteiger partial charge in [0.25, 0.3) is 5.91 Å². The number of amides is 1. The van der Waals surface area contributed by atoms with Crippen molar-refractivity contribution in [3.63, 3.8) is 0 Å². The summed E-state index contributed by atoms with van der Waals surface area (Å²) in [5, 5.41) is 1.98. The lowest BCUT2D eigenvalue weighted by atomic mass is 10.2. The molecule has 0 radical (unpaired) electrons. The zero-order valence-electron chi connectivity index (χ0n) is 11.9. The lowest BCUT2D eigenvalue weighted by Crippen LogP contribution is -2.30. The average Bonchev–Trinajstić information content (AvgIpc) is 2.45. The maximum Gasteiger partial charge on any atom is 0.307 e. The van der Waals surface area contributed by atoms with Gasteiger partial charge in [-0.25, -0.2) is 13.2 Å². The van der Waals surface area contributed by atoms with Crippen LogP contribution in [0.25, 0.3) is 0 Å². The van der Waals surface area contributed by atoms with Crippen molar-refractivity contribution in [3.05, 3.63) is 29.6 Å². The van der Waals surface area contributed by atoms with Crippen molar-refractivity contribution in [2.24, 2.45) is 0 Å². The summed E-state index contributed by atoms with van der Waals surface area (Å²) in [5.74, 6) is -6.56. The molecular weight excluding hydrogens is 303 g/mol. The summed E-state index contributed by atoms with van der Waals surface area (Å²) in [7, 11) is 0. The van der Waals surface area contributed by atoms with Crippen LogP contribution in [0.5, 0.6) is 0 Å². The molecule has 0 saturated carbocycles. The second-order valence-corrected chi connectivity index (χ2v) is 4.55. The van der Waals surface area contributed by atoms with Crippen molar-refractivity contribution in [1.29, 1.82) is 0 Å². The van der Waals surface area contributed by atoms with Crippen LogP contribution in [0, 0.1) is 17.5 Å². The molecule has 0 aromatic heterocycles. The molecule has 1 rings (SSSR count). The number of hydrogen-bond acceptors (Lipinski definition) is 4. The fourth-order valence-electron chi connectivity index (χ4n) is 1.44. The standard InChI is InChI=1S/C14H14F3NO4/c1-7(19)3-6-11(20)22-8(2)14(21)18-10-5-4-9(15)12(16)13(10)17/h4-5,8H,3,6H2,1-2H3,(H,18,21)/t8-/m1/s1. The largest absolute Gasteiger partial charge is 0.453 e. The lowest BCUT2D eigenvalue weighted by molar-refractivity contribution is -0.153. The van der Waals surface area contributed by atoms with Crippen LogP contribution in [-0.2, 0) is 19.1 Å². The van der Waals surface area contributed by atoms with Crippen molar-refractivity contribution in [1.82, 2.24) is 0 Å². The van der Waals surface area contributed by atoms with Gasteiger partial charge in [-0.2, -0.15) is 0 Å². The Balaban J connectivity index is 2.63. The molecule has 1 amide bonds. The third-order valence-electron chi connectivity index (χ3n) is 2.65. The maximum absolute atomic E-state index is 13.4. The van der Waals surface area contributed by atoms with Gasteiger partial charge in [0.1, 0.15) is 5.78 Å². The van der Waals surface area contributed by atoms with Gasteiger partial charge < -0.3 is 14.8 Å². The molecule has 5 nitrogen and oxygen atoms in total. The molecule has 0 aliphatic carbocycles. The minimum absolute atomic E-state index is 0.0228. The molecule has 0 spiro atoms. The van der Waals surface area contributed by atoms with E-state index in [0.29, 0.717) is 6.07 Å². The summed E-state index contributed by atoms with van der Waals surface area (Å²) < 4.78 is 43.9. The van der Waals surface area contributed by atoms with Gasteiger partial charge >= 0.3 is 5.97 Å². The second-order valence-electron chi connectivity index (χ2n) is 4.55. The van der Waals surface area contributed by atoms with Crippen molar-refractivity contribution in [2.75, 3.05) is 5.32 Å². The highest BCUT2D eigenvalue weighted by Crippen LogP contribution is 2.19. The second kappa shape index (κ2) is 7.58. The van der Waals surface area contributed by atoms with E-state index in [1.54, 1.807) is 0 Å². The third kappa shape index (κ3) is 4.87. The zero-order valence-corrected chi connectivity index (χ0v) is 11.9. The topological polar surface area (TPSA) is 72.5 Å². The van der Waals surface area contributed by atoms with E-state index in [1.165, 1.54) is 13.8 Å². The highest BCUT2D eigenvalue weighted by atomic mass is 19.2. The van der Waals surface area contributed by atoms with Gasteiger partial charge in [-0.1, -0.05) is 0 Å². The average molecular weight is 317 g/mol. The Morgan fingerprint density at radius 2 is 1.77 bits per heavy atom. The maximum atomic E-state index is 13.4. The summed E-state index contributed by atoms with van der Waals surface area (Å²) in [5.41, 5.74) is -0.574. The van der Waals surface area contributed by atoms with Crippen molar-refractivity contribution < 1.29 is 32.3 Å². The number of nitrogens with one attached hydrogen (secondary N) is 1. The summed E-state index contributed by atoms with van der Waals surface area (Å²) in [4.78, 5) is 33.7. The number of Topliss-reactive ketones (excluding diaryl/α,β-unsaturated/α-hetero) is 1. The van der Waals surface area contributed by atoms with Crippen LogP contribution in [-0.4, -0.2) is 23.8 Å². The molecule has 0 fully saturated rings. The Labute approximate surface area is 124 Å². The van der Waals surface area contributed by atoms with Gasteiger partial charge in [0.2, 0.25) is 0 Å². The van der Waals surface area contributed by atoms with Crippen LogP contribution in [0.2, 0.25) is 0 Å². The van der Waals surface area contributed by atoms with Crippen LogP contribution in [0.4, 0.5) is 18.9 Å². The van der Waals surface area contributed by atoms with E-state index < -0.39 is 41.1 Å². The first kappa shape index (κ1) is 17.7. The quantitative estimate of drug-likeness (QED) is 0.646. The van der Waals surface area contributed by atoms with Gasteiger partial charge in [0.15, 0.2) is 23.6 Å². The number of anilines is 1. The molecule has 1 aromatic rings. The van der Waals surface area contributed by atoms with E-state index >= 15 is 0 Å². The number of hydrogen-bond donors (Lipinski definition) is 1. The van der Waals surface area contributed by atoms with E-state index in [9.17, 15) is 27.6 Å². The number of ketones is 1. The predicted molar refractivity (Wildman–Crippen MR) is 70.4 cm³/mol. The van der Waals surface area contributed by atoms with Crippen LogP contribution in [0.3, 0.4) is 0 Å². The number of halogens is 3. The first-order valence-corrected chi connectivity index (χ1v) is 6.35. The molecule has 0 heterocycles. The predicted octanol–water partition coefficient (Wildman–Crippen LogP) is 2.34. The molecule has 0 unspecified atom stereocenters. The van der Waals surface area contributed by atoms with Gasteiger partial charge in [-0.05, 0) is 26.0 Å². The molecule has 0 saturated heterocycles.